The van der Waals surface area contributed by atoms with Gasteiger partial charge in [-0.1, -0.05) is 18.2 Å². The van der Waals surface area contributed by atoms with Gasteiger partial charge in [0.05, 0.1) is 0 Å². The summed E-state index contributed by atoms with van der Waals surface area (Å²) < 4.78 is 5.54. The fraction of sp³-hybridized carbons (Fsp3) is 0.286. The van der Waals surface area contributed by atoms with Crippen molar-refractivity contribution in [1.82, 2.24) is 10.3 Å². The number of nitrogens with zero attached hydrogens (tertiary/aromatic N) is 1. The Labute approximate surface area is 116 Å². The number of benzene rings is 1. The molecular formula is C14H16N4O2. The summed E-state index contributed by atoms with van der Waals surface area (Å²) in [5.74, 6) is -0.420. The van der Waals surface area contributed by atoms with Crippen LogP contribution in [0, 0.1) is 0 Å². The van der Waals surface area contributed by atoms with Crippen LogP contribution in [0.4, 0.5) is 0 Å². The highest BCUT2D eigenvalue weighted by molar-refractivity contribution is 6.03. The van der Waals surface area contributed by atoms with Crippen molar-refractivity contribution in [2.45, 2.75) is 12.0 Å². The van der Waals surface area contributed by atoms with Gasteiger partial charge in [0.1, 0.15) is 0 Å². The Morgan fingerprint density at radius 1 is 1.45 bits per heavy atom. The van der Waals surface area contributed by atoms with Crippen molar-refractivity contribution < 1.29 is 9.53 Å². The predicted octanol–water partition coefficient (Wildman–Crippen LogP) is 0.711. The van der Waals surface area contributed by atoms with Crippen LogP contribution in [-0.4, -0.2) is 36.6 Å². The molecule has 4 N–H and O–H groups in total. The average molecular weight is 272 g/mol. The van der Waals surface area contributed by atoms with Crippen molar-refractivity contribution in [2.24, 2.45) is 10.7 Å². The summed E-state index contributed by atoms with van der Waals surface area (Å²) in [6, 6.07) is 8.16. The van der Waals surface area contributed by atoms with Crippen molar-refractivity contribution in [3.63, 3.8) is 0 Å². The minimum absolute atomic E-state index is 0.202. The first-order valence-electron chi connectivity index (χ1n) is 6.45. The van der Waals surface area contributed by atoms with Gasteiger partial charge in [0.25, 0.3) is 11.9 Å². The van der Waals surface area contributed by atoms with E-state index < -0.39 is 6.10 Å². The highest BCUT2D eigenvalue weighted by Crippen LogP contribution is 2.30. The van der Waals surface area contributed by atoms with Crippen LogP contribution in [0.3, 0.4) is 0 Å². The molecule has 1 aliphatic rings. The number of hydrogen-bond acceptors (Lipinski definition) is 4. The van der Waals surface area contributed by atoms with E-state index in [0.29, 0.717) is 6.54 Å². The minimum Gasteiger partial charge on any atom is -0.451 e. The number of amides is 1. The van der Waals surface area contributed by atoms with Crippen molar-refractivity contribution in [2.75, 3.05) is 13.6 Å². The van der Waals surface area contributed by atoms with E-state index in [1.54, 1.807) is 7.05 Å². The molecule has 1 aliphatic heterocycles. The summed E-state index contributed by atoms with van der Waals surface area (Å²) >= 11 is 0. The number of fused-ring (bicyclic) bond motifs is 1. The van der Waals surface area contributed by atoms with E-state index in [-0.39, 0.29) is 17.8 Å². The number of nitrogens with one attached hydrogen (secondary N) is 2. The summed E-state index contributed by atoms with van der Waals surface area (Å²) in [7, 11) is 1.57. The molecule has 1 aromatic carbocycles. The molecule has 1 amide bonds. The maximum absolute atomic E-state index is 12.0. The Morgan fingerprint density at radius 3 is 2.95 bits per heavy atom. The van der Waals surface area contributed by atoms with E-state index in [1.165, 1.54) is 0 Å². The summed E-state index contributed by atoms with van der Waals surface area (Å²) in [4.78, 5) is 19.0. The van der Waals surface area contributed by atoms with Gasteiger partial charge in [-0.25, -0.2) is 4.99 Å². The molecule has 6 nitrogen and oxygen atoms in total. The first kappa shape index (κ1) is 12.7. The zero-order valence-corrected chi connectivity index (χ0v) is 11.1. The molecule has 0 aliphatic carbocycles. The highest BCUT2D eigenvalue weighted by atomic mass is 16.5. The van der Waals surface area contributed by atoms with E-state index in [4.69, 9.17) is 10.5 Å². The van der Waals surface area contributed by atoms with E-state index in [0.717, 1.165) is 16.5 Å². The fourth-order valence-corrected chi connectivity index (χ4v) is 2.57. The molecule has 3 rings (SSSR count). The topological polar surface area (TPSA) is 92.5 Å². The number of aromatic nitrogens is 1. The lowest BCUT2D eigenvalue weighted by Crippen LogP contribution is -2.33. The van der Waals surface area contributed by atoms with Gasteiger partial charge in [-0.15, -0.1) is 0 Å². The quantitative estimate of drug-likeness (QED) is 0.768. The summed E-state index contributed by atoms with van der Waals surface area (Å²) in [5.41, 5.74) is 7.87. The van der Waals surface area contributed by atoms with Crippen LogP contribution >= 0.6 is 0 Å². The summed E-state index contributed by atoms with van der Waals surface area (Å²) in [6.07, 6.45) is 1.25. The van der Waals surface area contributed by atoms with Gasteiger partial charge in [-0.3, -0.25) is 10.1 Å². The van der Waals surface area contributed by atoms with Crippen LogP contribution in [0.5, 0.6) is 0 Å². The second-order valence-corrected chi connectivity index (χ2v) is 4.69. The average Bonchev–Trinajstić information content (AvgIpc) is 3.05. The Kier molecular flexibility index (Phi) is 3.15. The van der Waals surface area contributed by atoms with Crippen LogP contribution in [0.15, 0.2) is 35.5 Å². The number of nitrogens with two attached hydrogens (primary N) is 1. The molecule has 0 unspecified atom stereocenters. The van der Waals surface area contributed by atoms with Crippen LogP contribution < -0.4 is 11.1 Å². The molecule has 1 aromatic heterocycles. The monoisotopic (exact) mass is 272 g/mol. The molecule has 20 heavy (non-hydrogen) atoms. The molecule has 2 atom stereocenters. The Hall–Kier alpha value is -2.34. The van der Waals surface area contributed by atoms with Crippen LogP contribution in [-0.2, 0) is 9.53 Å². The van der Waals surface area contributed by atoms with Crippen LogP contribution in [0.2, 0.25) is 0 Å². The number of carbonyl (C=O) groups excluding carboxylic acids is 1. The Balaban J connectivity index is 2.00. The second kappa shape index (κ2) is 4.97. The number of amidine groups is 1. The minimum atomic E-state index is -0.641. The molecule has 6 heteroatoms. The first-order chi connectivity index (χ1) is 9.74. The molecular weight excluding hydrogens is 256 g/mol. The molecule has 1 saturated heterocycles. The molecule has 0 radical (unpaired) electrons. The number of rotatable bonds is 3. The van der Waals surface area contributed by atoms with Crippen molar-refractivity contribution in [3.05, 3.63) is 36.0 Å². The first-order valence-corrected chi connectivity index (χ1v) is 6.45. The second-order valence-electron chi connectivity index (χ2n) is 4.69. The number of carbonyl (C=O) groups is 1. The van der Waals surface area contributed by atoms with Crippen molar-refractivity contribution in [3.8, 4) is 0 Å². The Bertz CT molecular complexity index is 677. The van der Waals surface area contributed by atoms with Gasteiger partial charge in [0, 0.05) is 36.6 Å². The normalized spacial score (nSPS) is 22.0. The van der Waals surface area contributed by atoms with E-state index in [1.807, 2.05) is 30.5 Å². The fourth-order valence-electron chi connectivity index (χ4n) is 2.57. The van der Waals surface area contributed by atoms with Crippen molar-refractivity contribution in [1.29, 1.82) is 0 Å². The van der Waals surface area contributed by atoms with Gasteiger partial charge >= 0.3 is 0 Å². The van der Waals surface area contributed by atoms with Crippen LogP contribution in [0.25, 0.3) is 10.9 Å². The van der Waals surface area contributed by atoms with E-state index in [2.05, 4.69) is 15.3 Å². The highest BCUT2D eigenvalue weighted by Gasteiger charge is 2.38. The molecule has 0 bridgehead atoms. The number of H-pyrrole nitrogens is 1. The van der Waals surface area contributed by atoms with Gasteiger partial charge in [-0.2, -0.15) is 0 Å². The summed E-state index contributed by atoms with van der Waals surface area (Å²) in [5, 5.41) is 3.66. The third-order valence-corrected chi connectivity index (χ3v) is 3.57. The standard InChI is InChI=1S/C14H16N4O2/c1-16-14-18-13(19)12(20-14)9(6-15)10-7-17-11-5-3-2-4-8(10)11/h2-5,7,9,12,17H,6,15H2,1H3,(H,16,18,19)/t9-,12+/m1/s1. The van der Waals surface area contributed by atoms with Gasteiger partial charge in [-0.05, 0) is 11.6 Å². The third-order valence-electron chi connectivity index (χ3n) is 3.57. The number of hydrogen-bond donors (Lipinski definition) is 3. The van der Waals surface area contributed by atoms with Crippen molar-refractivity contribution >= 4 is 22.8 Å². The lowest BCUT2D eigenvalue weighted by atomic mass is 9.93. The number of ether oxygens (including phenoxy) is 1. The predicted molar refractivity (Wildman–Crippen MR) is 76.5 cm³/mol. The summed E-state index contributed by atoms with van der Waals surface area (Å²) in [6.45, 7) is 0.316. The lowest BCUT2D eigenvalue weighted by Gasteiger charge is -2.18. The molecule has 1 fully saturated rings. The largest absolute Gasteiger partial charge is 0.451 e. The maximum Gasteiger partial charge on any atom is 0.292 e. The molecule has 104 valence electrons. The molecule has 2 aromatic rings. The molecule has 2 heterocycles. The lowest BCUT2D eigenvalue weighted by molar-refractivity contribution is -0.124. The molecule has 0 saturated carbocycles. The zero-order chi connectivity index (χ0) is 14.1. The molecule has 0 spiro atoms. The third kappa shape index (κ3) is 1.94. The van der Waals surface area contributed by atoms with Crippen LogP contribution in [0.1, 0.15) is 11.5 Å². The van der Waals surface area contributed by atoms with Gasteiger partial charge in [0.15, 0.2) is 6.10 Å². The number of para-hydroxylation sites is 1. The number of aromatic amines is 1. The zero-order valence-electron chi connectivity index (χ0n) is 11.1. The van der Waals surface area contributed by atoms with Gasteiger partial charge in [0.2, 0.25) is 0 Å². The number of aliphatic imine (C=N–C) groups is 1. The maximum atomic E-state index is 12.0. The van der Waals surface area contributed by atoms with E-state index in [9.17, 15) is 4.79 Å². The Morgan fingerprint density at radius 2 is 2.25 bits per heavy atom. The SMILES string of the molecule is CN=C1NC(=O)[C@H]([C@H](CN)c2c[nH]c3ccccc23)O1. The van der Waals surface area contributed by atoms with Gasteiger partial charge < -0.3 is 15.5 Å². The smallest absolute Gasteiger partial charge is 0.292 e. The van der Waals surface area contributed by atoms with E-state index >= 15 is 0 Å².